The molecule has 1 saturated heterocycles. The van der Waals surface area contributed by atoms with Crippen LogP contribution in [-0.4, -0.2) is 18.5 Å². The van der Waals surface area contributed by atoms with E-state index in [1.54, 1.807) is 6.07 Å². The van der Waals surface area contributed by atoms with E-state index in [0.717, 1.165) is 6.42 Å². The molecule has 3 nitrogen and oxygen atoms in total. The average molecular weight is 233 g/mol. The van der Waals surface area contributed by atoms with E-state index >= 15 is 0 Å². The van der Waals surface area contributed by atoms with Crippen molar-refractivity contribution in [3.05, 3.63) is 35.6 Å². The Morgan fingerprint density at radius 1 is 1.59 bits per heavy atom. The predicted octanol–water partition coefficient (Wildman–Crippen LogP) is 2.18. The number of ketones is 1. The van der Waals surface area contributed by atoms with E-state index in [1.807, 2.05) is 6.07 Å². The van der Waals surface area contributed by atoms with Crippen molar-refractivity contribution in [1.82, 2.24) is 0 Å². The number of ether oxygens (including phenoxy) is 1. The number of nitrogens with zero attached hydrogens (tertiary/aromatic N) is 1. The third-order valence-electron chi connectivity index (χ3n) is 2.84. The van der Waals surface area contributed by atoms with E-state index in [4.69, 9.17) is 10.00 Å². The third-order valence-corrected chi connectivity index (χ3v) is 2.84. The standard InChI is InChI=1S/C13H12FNO2/c14-10-4-1-3-9(7-10)11(8-15)13(16)12-5-2-6-17-12/h1,3-4,7,11-12H,2,5-6H2. The normalized spacial score (nSPS) is 20.8. The summed E-state index contributed by atoms with van der Waals surface area (Å²) in [4.78, 5) is 12.0. The average Bonchev–Trinajstić information content (AvgIpc) is 2.83. The van der Waals surface area contributed by atoms with Crippen molar-refractivity contribution in [2.24, 2.45) is 0 Å². The zero-order valence-electron chi connectivity index (χ0n) is 9.23. The maximum atomic E-state index is 13.1. The SMILES string of the molecule is N#CC(C(=O)C1CCCO1)c1cccc(F)c1. The summed E-state index contributed by atoms with van der Waals surface area (Å²) < 4.78 is 18.3. The molecule has 1 heterocycles. The summed E-state index contributed by atoms with van der Waals surface area (Å²) in [5, 5.41) is 9.05. The first kappa shape index (κ1) is 11.7. The van der Waals surface area contributed by atoms with Crippen LogP contribution in [0.4, 0.5) is 4.39 Å². The van der Waals surface area contributed by atoms with Crippen LogP contribution in [0.3, 0.4) is 0 Å². The second kappa shape index (κ2) is 5.07. The van der Waals surface area contributed by atoms with Crippen LogP contribution in [0.25, 0.3) is 0 Å². The first-order valence-electron chi connectivity index (χ1n) is 5.53. The maximum absolute atomic E-state index is 13.1. The fourth-order valence-corrected chi connectivity index (χ4v) is 1.98. The fourth-order valence-electron chi connectivity index (χ4n) is 1.98. The molecular formula is C13H12FNO2. The number of halogens is 1. The summed E-state index contributed by atoms with van der Waals surface area (Å²) >= 11 is 0. The highest BCUT2D eigenvalue weighted by atomic mass is 19.1. The van der Waals surface area contributed by atoms with Crippen LogP contribution in [-0.2, 0) is 9.53 Å². The van der Waals surface area contributed by atoms with E-state index in [-0.39, 0.29) is 5.78 Å². The highest BCUT2D eigenvalue weighted by Gasteiger charge is 2.31. The minimum atomic E-state index is -0.936. The van der Waals surface area contributed by atoms with Crippen LogP contribution >= 0.6 is 0 Å². The van der Waals surface area contributed by atoms with Gasteiger partial charge in [-0.2, -0.15) is 5.26 Å². The lowest BCUT2D eigenvalue weighted by Crippen LogP contribution is -2.25. The summed E-state index contributed by atoms with van der Waals surface area (Å²) in [5.41, 5.74) is 0.396. The lowest BCUT2D eigenvalue weighted by atomic mass is 9.92. The monoisotopic (exact) mass is 233 g/mol. The smallest absolute Gasteiger partial charge is 0.183 e. The summed E-state index contributed by atoms with van der Waals surface area (Å²) in [5.74, 6) is -1.65. The molecule has 0 spiro atoms. The summed E-state index contributed by atoms with van der Waals surface area (Å²) in [7, 11) is 0. The Kier molecular flexibility index (Phi) is 3.50. The molecule has 0 saturated carbocycles. The van der Waals surface area contributed by atoms with Gasteiger partial charge in [-0.25, -0.2) is 4.39 Å². The molecule has 0 aliphatic carbocycles. The van der Waals surface area contributed by atoms with Crippen LogP contribution in [0.1, 0.15) is 24.3 Å². The lowest BCUT2D eigenvalue weighted by Gasteiger charge is -2.13. The zero-order chi connectivity index (χ0) is 12.3. The van der Waals surface area contributed by atoms with Gasteiger partial charge in [-0.1, -0.05) is 12.1 Å². The van der Waals surface area contributed by atoms with Gasteiger partial charge in [0.1, 0.15) is 17.8 Å². The number of carbonyl (C=O) groups excluding carboxylic acids is 1. The van der Waals surface area contributed by atoms with Gasteiger partial charge in [0.2, 0.25) is 0 Å². The Morgan fingerprint density at radius 2 is 2.41 bits per heavy atom. The van der Waals surface area contributed by atoms with Crippen LogP contribution < -0.4 is 0 Å². The molecule has 17 heavy (non-hydrogen) atoms. The third kappa shape index (κ3) is 2.51. The lowest BCUT2D eigenvalue weighted by molar-refractivity contribution is -0.128. The van der Waals surface area contributed by atoms with E-state index in [2.05, 4.69) is 0 Å². The second-order valence-corrected chi connectivity index (χ2v) is 4.02. The molecule has 2 atom stereocenters. The topological polar surface area (TPSA) is 50.1 Å². The quantitative estimate of drug-likeness (QED) is 0.804. The highest BCUT2D eigenvalue weighted by Crippen LogP contribution is 2.23. The minimum absolute atomic E-state index is 0.268. The van der Waals surface area contributed by atoms with Gasteiger partial charge in [0.15, 0.2) is 5.78 Å². The zero-order valence-corrected chi connectivity index (χ0v) is 9.23. The molecule has 0 N–H and O–H groups in total. The van der Waals surface area contributed by atoms with Gasteiger partial charge in [0, 0.05) is 6.61 Å². The molecule has 0 radical (unpaired) electrons. The van der Waals surface area contributed by atoms with Gasteiger partial charge in [0.25, 0.3) is 0 Å². The van der Waals surface area contributed by atoms with Crippen LogP contribution in [0.5, 0.6) is 0 Å². The number of Topliss-reactive ketones (excluding diaryl/α,β-unsaturated/α-hetero) is 1. The van der Waals surface area contributed by atoms with Crippen molar-refractivity contribution in [1.29, 1.82) is 5.26 Å². The molecule has 4 heteroatoms. The highest BCUT2D eigenvalue weighted by molar-refractivity contribution is 5.92. The van der Waals surface area contributed by atoms with E-state index < -0.39 is 17.8 Å². The van der Waals surface area contributed by atoms with Gasteiger partial charge in [0.05, 0.1) is 6.07 Å². The predicted molar refractivity (Wildman–Crippen MR) is 58.7 cm³/mol. The molecular weight excluding hydrogens is 221 g/mol. The molecule has 2 rings (SSSR count). The minimum Gasteiger partial charge on any atom is -0.370 e. The molecule has 1 aromatic rings. The summed E-state index contributed by atoms with van der Waals surface area (Å²) in [6.07, 6.45) is 0.965. The van der Waals surface area contributed by atoms with Crippen LogP contribution in [0.15, 0.2) is 24.3 Å². The Bertz CT molecular complexity index is 461. The Balaban J connectivity index is 2.21. The first-order valence-corrected chi connectivity index (χ1v) is 5.53. The second-order valence-electron chi connectivity index (χ2n) is 4.02. The molecule has 2 unspecified atom stereocenters. The number of hydrogen-bond donors (Lipinski definition) is 0. The number of carbonyl (C=O) groups is 1. The first-order chi connectivity index (χ1) is 8.22. The molecule has 1 aliphatic heterocycles. The van der Waals surface area contributed by atoms with Gasteiger partial charge in [-0.05, 0) is 30.5 Å². The van der Waals surface area contributed by atoms with Crippen LogP contribution in [0, 0.1) is 17.1 Å². The van der Waals surface area contributed by atoms with Crippen molar-refractivity contribution < 1.29 is 13.9 Å². The van der Waals surface area contributed by atoms with E-state index in [0.29, 0.717) is 18.6 Å². The molecule has 1 aromatic carbocycles. The fraction of sp³-hybridized carbons (Fsp3) is 0.385. The van der Waals surface area contributed by atoms with Crippen LogP contribution in [0.2, 0.25) is 0 Å². The Labute approximate surface area is 98.8 Å². The van der Waals surface area contributed by atoms with Gasteiger partial charge in [-0.3, -0.25) is 4.79 Å². The molecule has 1 aliphatic rings. The summed E-state index contributed by atoms with van der Waals surface area (Å²) in [6.45, 7) is 0.553. The number of benzene rings is 1. The number of nitriles is 1. The summed E-state index contributed by atoms with van der Waals surface area (Å²) in [6, 6.07) is 7.52. The van der Waals surface area contributed by atoms with E-state index in [1.165, 1.54) is 18.2 Å². The van der Waals surface area contributed by atoms with Gasteiger partial charge >= 0.3 is 0 Å². The molecule has 88 valence electrons. The molecule has 0 aromatic heterocycles. The largest absolute Gasteiger partial charge is 0.370 e. The van der Waals surface area contributed by atoms with Gasteiger partial charge in [-0.15, -0.1) is 0 Å². The van der Waals surface area contributed by atoms with Crippen molar-refractivity contribution in [2.75, 3.05) is 6.61 Å². The molecule has 0 amide bonds. The Hall–Kier alpha value is -1.73. The maximum Gasteiger partial charge on any atom is 0.183 e. The molecule has 0 bridgehead atoms. The van der Waals surface area contributed by atoms with Crippen molar-refractivity contribution in [3.8, 4) is 6.07 Å². The Morgan fingerprint density at radius 3 is 3.00 bits per heavy atom. The number of rotatable bonds is 3. The van der Waals surface area contributed by atoms with Crippen molar-refractivity contribution >= 4 is 5.78 Å². The van der Waals surface area contributed by atoms with Crippen molar-refractivity contribution in [2.45, 2.75) is 24.9 Å². The number of hydrogen-bond acceptors (Lipinski definition) is 3. The van der Waals surface area contributed by atoms with Crippen molar-refractivity contribution in [3.63, 3.8) is 0 Å². The molecule has 1 fully saturated rings. The van der Waals surface area contributed by atoms with E-state index in [9.17, 15) is 9.18 Å². The van der Waals surface area contributed by atoms with Gasteiger partial charge < -0.3 is 4.74 Å².